The molecule has 0 aliphatic carbocycles. The summed E-state index contributed by atoms with van der Waals surface area (Å²) in [6.07, 6.45) is 4.59. The van der Waals surface area contributed by atoms with Crippen molar-refractivity contribution < 1.29 is 9.59 Å². The first kappa shape index (κ1) is 14.0. The molecule has 17 heavy (non-hydrogen) atoms. The number of likely N-dealkylation sites (tertiary alicyclic amines) is 1. The predicted octanol–water partition coefficient (Wildman–Crippen LogP) is 1.55. The summed E-state index contributed by atoms with van der Waals surface area (Å²) in [6.45, 7) is 6.25. The van der Waals surface area contributed by atoms with Crippen molar-refractivity contribution in [3.05, 3.63) is 0 Å². The lowest BCUT2D eigenvalue weighted by molar-refractivity contribution is -0.130. The molecule has 1 rings (SSSR count). The summed E-state index contributed by atoms with van der Waals surface area (Å²) in [7, 11) is 0. The topological polar surface area (TPSA) is 49.4 Å². The van der Waals surface area contributed by atoms with E-state index in [1.807, 2.05) is 11.8 Å². The fraction of sp³-hybridized carbons (Fsp3) is 0.846. The fourth-order valence-corrected chi connectivity index (χ4v) is 2.16. The van der Waals surface area contributed by atoms with Crippen molar-refractivity contribution in [2.75, 3.05) is 19.6 Å². The SMILES string of the molecule is CCCC(C)C(=O)NCCC(=O)N1CCCC1. The summed E-state index contributed by atoms with van der Waals surface area (Å²) in [4.78, 5) is 25.2. The van der Waals surface area contributed by atoms with E-state index in [1.54, 1.807) is 0 Å². The van der Waals surface area contributed by atoms with E-state index in [-0.39, 0.29) is 17.7 Å². The summed E-state index contributed by atoms with van der Waals surface area (Å²) in [5.41, 5.74) is 0. The molecule has 0 bridgehead atoms. The number of carbonyl (C=O) groups is 2. The van der Waals surface area contributed by atoms with Gasteiger partial charge in [-0.15, -0.1) is 0 Å². The number of nitrogens with zero attached hydrogens (tertiary/aromatic N) is 1. The van der Waals surface area contributed by atoms with Crippen LogP contribution >= 0.6 is 0 Å². The number of carbonyl (C=O) groups excluding carboxylic acids is 2. The van der Waals surface area contributed by atoms with E-state index in [0.717, 1.165) is 38.8 Å². The molecule has 1 aliphatic rings. The maximum absolute atomic E-state index is 11.7. The molecule has 1 fully saturated rings. The van der Waals surface area contributed by atoms with Gasteiger partial charge in [0.15, 0.2) is 0 Å². The molecule has 1 N–H and O–H groups in total. The second-order valence-electron chi connectivity index (χ2n) is 4.82. The molecule has 1 heterocycles. The van der Waals surface area contributed by atoms with Gasteiger partial charge >= 0.3 is 0 Å². The quantitative estimate of drug-likeness (QED) is 0.766. The molecule has 0 aromatic rings. The zero-order chi connectivity index (χ0) is 12.7. The molecule has 0 radical (unpaired) electrons. The number of rotatable bonds is 6. The zero-order valence-electron chi connectivity index (χ0n) is 11.0. The standard InChI is InChI=1S/C13H24N2O2/c1-3-6-11(2)13(17)14-8-7-12(16)15-9-4-5-10-15/h11H,3-10H2,1-2H3,(H,14,17). The van der Waals surface area contributed by atoms with Gasteiger partial charge in [0.05, 0.1) is 0 Å². The van der Waals surface area contributed by atoms with E-state index >= 15 is 0 Å². The Morgan fingerprint density at radius 2 is 1.94 bits per heavy atom. The molecule has 0 aromatic heterocycles. The van der Waals surface area contributed by atoms with E-state index < -0.39 is 0 Å². The van der Waals surface area contributed by atoms with Gasteiger partial charge in [-0.2, -0.15) is 0 Å². The molecule has 1 aliphatic heterocycles. The van der Waals surface area contributed by atoms with Gasteiger partial charge in [0.25, 0.3) is 0 Å². The van der Waals surface area contributed by atoms with Crippen molar-refractivity contribution in [1.29, 1.82) is 0 Å². The highest BCUT2D eigenvalue weighted by Gasteiger charge is 2.18. The molecule has 98 valence electrons. The number of amides is 2. The lowest BCUT2D eigenvalue weighted by Gasteiger charge is -2.16. The van der Waals surface area contributed by atoms with Crippen LogP contribution < -0.4 is 5.32 Å². The Morgan fingerprint density at radius 3 is 2.53 bits per heavy atom. The van der Waals surface area contributed by atoms with Crippen LogP contribution in [0.2, 0.25) is 0 Å². The molecule has 1 unspecified atom stereocenters. The highest BCUT2D eigenvalue weighted by atomic mass is 16.2. The first-order chi connectivity index (χ1) is 8.15. The van der Waals surface area contributed by atoms with Gasteiger partial charge < -0.3 is 10.2 Å². The summed E-state index contributed by atoms with van der Waals surface area (Å²) in [5.74, 6) is 0.300. The predicted molar refractivity (Wildman–Crippen MR) is 67.5 cm³/mol. The van der Waals surface area contributed by atoms with Gasteiger partial charge in [0.1, 0.15) is 0 Å². The van der Waals surface area contributed by atoms with Gasteiger partial charge in [-0.3, -0.25) is 9.59 Å². The van der Waals surface area contributed by atoms with Crippen LogP contribution in [0.15, 0.2) is 0 Å². The maximum Gasteiger partial charge on any atom is 0.224 e. The monoisotopic (exact) mass is 240 g/mol. The number of hydrogen-bond acceptors (Lipinski definition) is 2. The molecule has 2 amide bonds. The smallest absolute Gasteiger partial charge is 0.224 e. The number of nitrogens with one attached hydrogen (secondary N) is 1. The van der Waals surface area contributed by atoms with Crippen LogP contribution in [0.1, 0.15) is 46.0 Å². The van der Waals surface area contributed by atoms with Crippen molar-refractivity contribution in [2.24, 2.45) is 5.92 Å². The maximum atomic E-state index is 11.7. The number of hydrogen-bond donors (Lipinski definition) is 1. The van der Waals surface area contributed by atoms with Crippen LogP contribution in [0.4, 0.5) is 0 Å². The minimum absolute atomic E-state index is 0.0573. The minimum Gasteiger partial charge on any atom is -0.355 e. The molecule has 4 heteroatoms. The van der Waals surface area contributed by atoms with E-state index in [2.05, 4.69) is 12.2 Å². The second-order valence-corrected chi connectivity index (χ2v) is 4.82. The van der Waals surface area contributed by atoms with Crippen molar-refractivity contribution in [3.63, 3.8) is 0 Å². The van der Waals surface area contributed by atoms with Crippen LogP contribution in [-0.4, -0.2) is 36.3 Å². The van der Waals surface area contributed by atoms with Crippen molar-refractivity contribution in [1.82, 2.24) is 10.2 Å². The van der Waals surface area contributed by atoms with Gasteiger partial charge in [0.2, 0.25) is 11.8 Å². The summed E-state index contributed by atoms with van der Waals surface area (Å²) in [6, 6.07) is 0. The third-order valence-corrected chi connectivity index (χ3v) is 3.27. The third kappa shape index (κ3) is 4.75. The zero-order valence-corrected chi connectivity index (χ0v) is 11.0. The van der Waals surface area contributed by atoms with Gasteiger partial charge in [-0.25, -0.2) is 0 Å². The average molecular weight is 240 g/mol. The van der Waals surface area contributed by atoms with Crippen LogP contribution in [0.3, 0.4) is 0 Å². The lowest BCUT2D eigenvalue weighted by atomic mass is 10.1. The Bertz CT molecular complexity index is 260. The van der Waals surface area contributed by atoms with Crippen LogP contribution in [0.5, 0.6) is 0 Å². The fourth-order valence-electron chi connectivity index (χ4n) is 2.16. The molecular formula is C13H24N2O2. The lowest BCUT2D eigenvalue weighted by Crippen LogP contribution is -2.34. The van der Waals surface area contributed by atoms with Gasteiger partial charge in [0, 0.05) is 32.0 Å². The van der Waals surface area contributed by atoms with E-state index in [0.29, 0.717) is 13.0 Å². The molecule has 4 nitrogen and oxygen atoms in total. The minimum atomic E-state index is 0.0573. The molecule has 0 aromatic carbocycles. The molecular weight excluding hydrogens is 216 g/mol. The summed E-state index contributed by atoms with van der Waals surface area (Å²) in [5, 5.41) is 2.84. The average Bonchev–Trinajstić information content (AvgIpc) is 2.82. The molecule has 0 spiro atoms. The Morgan fingerprint density at radius 1 is 1.29 bits per heavy atom. The van der Waals surface area contributed by atoms with Crippen LogP contribution in [-0.2, 0) is 9.59 Å². The summed E-state index contributed by atoms with van der Waals surface area (Å²) >= 11 is 0. The largest absolute Gasteiger partial charge is 0.355 e. The normalized spacial score (nSPS) is 16.9. The molecule has 1 atom stereocenters. The molecule has 1 saturated heterocycles. The third-order valence-electron chi connectivity index (χ3n) is 3.27. The van der Waals surface area contributed by atoms with E-state index in [9.17, 15) is 9.59 Å². The van der Waals surface area contributed by atoms with Crippen LogP contribution in [0.25, 0.3) is 0 Å². The van der Waals surface area contributed by atoms with Gasteiger partial charge in [-0.1, -0.05) is 20.3 Å². The second kappa shape index (κ2) is 7.30. The highest BCUT2D eigenvalue weighted by molar-refractivity contribution is 5.80. The van der Waals surface area contributed by atoms with Crippen molar-refractivity contribution in [3.8, 4) is 0 Å². The van der Waals surface area contributed by atoms with Crippen molar-refractivity contribution >= 4 is 11.8 Å². The van der Waals surface area contributed by atoms with Crippen LogP contribution in [0, 0.1) is 5.92 Å². The summed E-state index contributed by atoms with van der Waals surface area (Å²) < 4.78 is 0. The highest BCUT2D eigenvalue weighted by Crippen LogP contribution is 2.08. The Hall–Kier alpha value is -1.06. The Balaban J connectivity index is 2.14. The Kier molecular flexibility index (Phi) is 6.01. The van der Waals surface area contributed by atoms with Crippen molar-refractivity contribution in [2.45, 2.75) is 46.0 Å². The van der Waals surface area contributed by atoms with E-state index in [1.165, 1.54) is 0 Å². The first-order valence-electron chi connectivity index (χ1n) is 6.70. The van der Waals surface area contributed by atoms with E-state index in [4.69, 9.17) is 0 Å². The Labute approximate surface area is 104 Å². The first-order valence-corrected chi connectivity index (χ1v) is 6.70. The van der Waals surface area contributed by atoms with Gasteiger partial charge in [-0.05, 0) is 19.3 Å². The molecule has 0 saturated carbocycles.